The van der Waals surface area contributed by atoms with Crippen molar-refractivity contribution in [3.05, 3.63) is 102 Å². The standard InChI is InChI=1S/C30H31FN4O2/c1-4-22-10-12-24(13-11-22)30(37)34(19-21(2)3)20-29(36)32-28-18-27(23-8-6-5-7-9-23)33-35(28)26-16-14-25(31)15-17-26/h5-18,21H,4,19-20H2,1-3H3,(H,32,36). The summed E-state index contributed by atoms with van der Waals surface area (Å²) >= 11 is 0. The van der Waals surface area contributed by atoms with Crippen LogP contribution in [0.2, 0.25) is 0 Å². The molecule has 0 spiro atoms. The largest absolute Gasteiger partial charge is 0.329 e. The molecule has 4 aromatic rings. The topological polar surface area (TPSA) is 67.2 Å². The number of aromatic nitrogens is 2. The number of hydrogen-bond donors (Lipinski definition) is 1. The van der Waals surface area contributed by atoms with E-state index in [1.807, 2.05) is 68.4 Å². The van der Waals surface area contributed by atoms with E-state index in [2.05, 4.69) is 17.3 Å². The first-order valence-corrected chi connectivity index (χ1v) is 12.4. The summed E-state index contributed by atoms with van der Waals surface area (Å²) in [5, 5.41) is 7.57. The summed E-state index contributed by atoms with van der Waals surface area (Å²) in [4.78, 5) is 28.1. The molecule has 0 bridgehead atoms. The van der Waals surface area contributed by atoms with Gasteiger partial charge in [0.2, 0.25) is 5.91 Å². The van der Waals surface area contributed by atoms with Gasteiger partial charge in [-0.2, -0.15) is 5.10 Å². The number of aryl methyl sites for hydroxylation is 1. The number of carbonyl (C=O) groups excluding carboxylic acids is 2. The van der Waals surface area contributed by atoms with Crippen LogP contribution in [0.5, 0.6) is 0 Å². The van der Waals surface area contributed by atoms with Crippen molar-refractivity contribution < 1.29 is 14.0 Å². The molecule has 0 atom stereocenters. The van der Waals surface area contributed by atoms with Crippen molar-refractivity contribution in [3.63, 3.8) is 0 Å². The first-order chi connectivity index (χ1) is 17.8. The van der Waals surface area contributed by atoms with Gasteiger partial charge in [-0.25, -0.2) is 9.07 Å². The number of halogens is 1. The number of carbonyl (C=O) groups is 2. The van der Waals surface area contributed by atoms with E-state index in [-0.39, 0.29) is 30.1 Å². The predicted molar refractivity (Wildman–Crippen MR) is 144 cm³/mol. The van der Waals surface area contributed by atoms with Crippen LogP contribution in [0.15, 0.2) is 84.9 Å². The van der Waals surface area contributed by atoms with E-state index in [0.29, 0.717) is 29.3 Å². The molecule has 0 saturated heterocycles. The summed E-state index contributed by atoms with van der Waals surface area (Å²) in [5.41, 5.74) is 3.84. The quantitative estimate of drug-likeness (QED) is 0.309. The highest BCUT2D eigenvalue weighted by molar-refractivity contribution is 5.99. The van der Waals surface area contributed by atoms with Gasteiger partial charge >= 0.3 is 0 Å². The predicted octanol–water partition coefficient (Wildman–Crippen LogP) is 5.98. The number of anilines is 1. The van der Waals surface area contributed by atoms with Crippen LogP contribution in [0, 0.1) is 11.7 Å². The van der Waals surface area contributed by atoms with Gasteiger partial charge in [0.15, 0.2) is 0 Å². The summed E-state index contributed by atoms with van der Waals surface area (Å²) in [6, 6.07) is 24.7. The molecule has 2 amide bonds. The van der Waals surface area contributed by atoms with Crippen LogP contribution in [0.4, 0.5) is 10.2 Å². The van der Waals surface area contributed by atoms with Crippen LogP contribution in [0.3, 0.4) is 0 Å². The minimum Gasteiger partial charge on any atom is -0.329 e. The monoisotopic (exact) mass is 498 g/mol. The van der Waals surface area contributed by atoms with Gasteiger partial charge in [0, 0.05) is 23.7 Å². The van der Waals surface area contributed by atoms with Crippen LogP contribution in [0.1, 0.15) is 36.7 Å². The Morgan fingerprint density at radius 3 is 2.27 bits per heavy atom. The minimum atomic E-state index is -0.361. The van der Waals surface area contributed by atoms with E-state index in [9.17, 15) is 14.0 Å². The molecule has 7 heteroatoms. The van der Waals surface area contributed by atoms with Gasteiger partial charge in [0.25, 0.3) is 5.91 Å². The van der Waals surface area contributed by atoms with Crippen LogP contribution in [-0.4, -0.2) is 39.6 Å². The van der Waals surface area contributed by atoms with Gasteiger partial charge in [-0.1, -0.05) is 63.2 Å². The fourth-order valence-electron chi connectivity index (χ4n) is 4.08. The van der Waals surface area contributed by atoms with Gasteiger partial charge in [-0.15, -0.1) is 0 Å². The summed E-state index contributed by atoms with van der Waals surface area (Å²) < 4.78 is 15.1. The number of benzene rings is 3. The maximum absolute atomic E-state index is 13.6. The number of hydrogen-bond acceptors (Lipinski definition) is 3. The van der Waals surface area contributed by atoms with Crippen LogP contribution < -0.4 is 5.32 Å². The molecule has 3 aromatic carbocycles. The van der Waals surface area contributed by atoms with Crippen molar-refractivity contribution >= 4 is 17.6 Å². The summed E-state index contributed by atoms with van der Waals surface area (Å²) in [7, 11) is 0. The molecular weight excluding hydrogens is 467 g/mol. The average Bonchev–Trinajstić information content (AvgIpc) is 3.32. The van der Waals surface area contributed by atoms with Gasteiger partial charge < -0.3 is 10.2 Å². The first kappa shape index (κ1) is 25.8. The Morgan fingerprint density at radius 1 is 0.973 bits per heavy atom. The number of nitrogens with one attached hydrogen (secondary N) is 1. The first-order valence-electron chi connectivity index (χ1n) is 12.4. The van der Waals surface area contributed by atoms with Gasteiger partial charge in [-0.05, 0) is 54.3 Å². The SMILES string of the molecule is CCc1ccc(C(=O)N(CC(=O)Nc2cc(-c3ccccc3)nn2-c2ccc(F)cc2)CC(C)C)cc1. The molecule has 0 aliphatic carbocycles. The Kier molecular flexibility index (Phi) is 8.13. The van der Waals surface area contributed by atoms with E-state index in [1.165, 1.54) is 12.1 Å². The molecule has 6 nitrogen and oxygen atoms in total. The Morgan fingerprint density at radius 2 is 1.65 bits per heavy atom. The maximum atomic E-state index is 13.6. The van der Waals surface area contributed by atoms with E-state index >= 15 is 0 Å². The van der Waals surface area contributed by atoms with Crippen molar-refractivity contribution in [1.82, 2.24) is 14.7 Å². The molecule has 4 rings (SSSR count). The highest BCUT2D eigenvalue weighted by atomic mass is 19.1. The third kappa shape index (κ3) is 6.50. The molecule has 1 N–H and O–H groups in total. The number of nitrogens with zero attached hydrogens (tertiary/aromatic N) is 3. The molecule has 1 heterocycles. The van der Waals surface area contributed by atoms with Crippen molar-refractivity contribution in [2.75, 3.05) is 18.4 Å². The Balaban J connectivity index is 1.59. The lowest BCUT2D eigenvalue weighted by Gasteiger charge is -2.24. The smallest absolute Gasteiger partial charge is 0.254 e. The van der Waals surface area contributed by atoms with Crippen molar-refractivity contribution in [3.8, 4) is 16.9 Å². The molecule has 1 aromatic heterocycles. The highest BCUT2D eigenvalue weighted by Gasteiger charge is 2.21. The minimum absolute atomic E-state index is 0.109. The summed E-state index contributed by atoms with van der Waals surface area (Å²) in [6.07, 6.45) is 0.888. The summed E-state index contributed by atoms with van der Waals surface area (Å²) in [5.74, 6) is -0.286. The highest BCUT2D eigenvalue weighted by Crippen LogP contribution is 2.25. The molecule has 0 unspecified atom stereocenters. The second kappa shape index (κ2) is 11.6. The molecule has 0 saturated carbocycles. The Labute approximate surface area is 216 Å². The maximum Gasteiger partial charge on any atom is 0.254 e. The van der Waals surface area contributed by atoms with Crippen molar-refractivity contribution in [2.24, 2.45) is 5.92 Å². The van der Waals surface area contributed by atoms with Gasteiger partial charge in [-0.3, -0.25) is 9.59 Å². The lowest BCUT2D eigenvalue weighted by atomic mass is 10.1. The lowest BCUT2D eigenvalue weighted by Crippen LogP contribution is -2.40. The van der Waals surface area contributed by atoms with E-state index in [1.54, 1.807) is 27.8 Å². The van der Waals surface area contributed by atoms with Gasteiger partial charge in [0.05, 0.1) is 11.4 Å². The van der Waals surface area contributed by atoms with Crippen LogP contribution >= 0.6 is 0 Å². The van der Waals surface area contributed by atoms with Gasteiger partial charge in [0.1, 0.15) is 18.2 Å². The Hall–Kier alpha value is -4.26. The third-order valence-corrected chi connectivity index (χ3v) is 5.93. The normalized spacial score (nSPS) is 10.9. The number of rotatable bonds is 9. The molecule has 37 heavy (non-hydrogen) atoms. The second-order valence-corrected chi connectivity index (χ2v) is 9.35. The van der Waals surface area contributed by atoms with Crippen LogP contribution in [-0.2, 0) is 11.2 Å². The second-order valence-electron chi connectivity index (χ2n) is 9.35. The fourth-order valence-corrected chi connectivity index (χ4v) is 4.08. The average molecular weight is 499 g/mol. The zero-order chi connectivity index (χ0) is 26.4. The van der Waals surface area contributed by atoms with E-state index in [4.69, 9.17) is 0 Å². The lowest BCUT2D eigenvalue weighted by molar-refractivity contribution is -0.117. The van der Waals surface area contributed by atoms with Crippen molar-refractivity contribution in [2.45, 2.75) is 27.2 Å². The fraction of sp³-hybridized carbons (Fsp3) is 0.233. The molecular formula is C30H31FN4O2. The van der Waals surface area contributed by atoms with E-state index < -0.39 is 0 Å². The number of amides is 2. The zero-order valence-corrected chi connectivity index (χ0v) is 21.3. The molecule has 0 aliphatic heterocycles. The Bertz CT molecular complexity index is 1350. The molecule has 0 fully saturated rings. The molecule has 0 aliphatic rings. The summed E-state index contributed by atoms with van der Waals surface area (Å²) in [6.45, 7) is 6.41. The van der Waals surface area contributed by atoms with Crippen LogP contribution in [0.25, 0.3) is 16.9 Å². The van der Waals surface area contributed by atoms with E-state index in [0.717, 1.165) is 17.5 Å². The van der Waals surface area contributed by atoms with Crippen molar-refractivity contribution in [1.29, 1.82) is 0 Å². The zero-order valence-electron chi connectivity index (χ0n) is 21.3. The third-order valence-electron chi connectivity index (χ3n) is 5.93. The molecule has 0 radical (unpaired) electrons. The molecule has 190 valence electrons.